The van der Waals surface area contributed by atoms with Gasteiger partial charge >= 0.3 is 0 Å². The van der Waals surface area contributed by atoms with Gasteiger partial charge in [-0.1, -0.05) is 45.1 Å². The van der Waals surface area contributed by atoms with Gasteiger partial charge in [0, 0.05) is 31.1 Å². The largest absolute Gasteiger partial charge is 0.504 e. The van der Waals surface area contributed by atoms with Gasteiger partial charge in [-0.3, -0.25) is 4.79 Å². The molecule has 3 aliphatic rings. The fourth-order valence-electron chi connectivity index (χ4n) is 7.79. The van der Waals surface area contributed by atoms with E-state index in [1.807, 2.05) is 12.1 Å². The number of ketones is 1. The second-order valence-corrected chi connectivity index (χ2v) is 13.6. The van der Waals surface area contributed by atoms with Crippen molar-refractivity contribution >= 4 is 11.7 Å². The molecule has 44 heavy (non-hydrogen) atoms. The van der Waals surface area contributed by atoms with Crippen molar-refractivity contribution in [2.24, 2.45) is 34.2 Å². The van der Waals surface area contributed by atoms with Crippen molar-refractivity contribution in [3.05, 3.63) is 34.9 Å². The van der Waals surface area contributed by atoms with E-state index in [0.717, 1.165) is 87.3 Å². The highest BCUT2D eigenvalue weighted by atomic mass is 16.5. The molecule has 0 aromatic heterocycles. The lowest BCUT2D eigenvalue weighted by molar-refractivity contribution is -0.114. The van der Waals surface area contributed by atoms with Crippen LogP contribution in [0.2, 0.25) is 0 Å². The van der Waals surface area contributed by atoms with Gasteiger partial charge in [-0.05, 0) is 112 Å². The highest BCUT2D eigenvalue weighted by Crippen LogP contribution is 2.53. The maximum atomic E-state index is 12.9. The topological polar surface area (TPSA) is 120 Å². The molecular formula is C37H55N3O4. The third kappa shape index (κ3) is 8.81. The first-order valence-electron chi connectivity index (χ1n) is 17.1. The lowest BCUT2D eigenvalue weighted by Gasteiger charge is -2.45. The Balaban J connectivity index is 1.90. The van der Waals surface area contributed by atoms with E-state index in [2.05, 4.69) is 37.6 Å². The van der Waals surface area contributed by atoms with Crippen LogP contribution in [0.4, 0.5) is 0 Å². The highest BCUT2D eigenvalue weighted by molar-refractivity contribution is 5.89. The number of carbonyl (C=O) groups excluding carboxylic acids is 1. The molecule has 0 spiro atoms. The summed E-state index contributed by atoms with van der Waals surface area (Å²) in [6, 6.07) is 1.86. The third-order valence-corrected chi connectivity index (χ3v) is 9.77. The molecule has 242 valence electrons. The molecule has 3 aliphatic carbocycles. The molecule has 1 aromatic rings. The molecule has 7 nitrogen and oxygen atoms in total. The zero-order valence-corrected chi connectivity index (χ0v) is 27.4. The Morgan fingerprint density at radius 1 is 1.16 bits per heavy atom. The number of benzene rings is 1. The maximum Gasteiger partial charge on any atom is 0.186 e. The second-order valence-electron chi connectivity index (χ2n) is 13.6. The van der Waals surface area contributed by atoms with Gasteiger partial charge in [0.25, 0.3) is 0 Å². The van der Waals surface area contributed by atoms with Crippen LogP contribution in [0.25, 0.3) is 0 Å². The summed E-state index contributed by atoms with van der Waals surface area (Å²) in [5, 5.41) is 12.2. The lowest BCUT2D eigenvalue weighted by atomic mass is 9.62. The number of methoxy groups -OCH3 is 1. The van der Waals surface area contributed by atoms with E-state index in [9.17, 15) is 9.90 Å². The minimum Gasteiger partial charge on any atom is -0.504 e. The van der Waals surface area contributed by atoms with Crippen LogP contribution in [0.5, 0.6) is 11.5 Å². The molecule has 0 heterocycles. The van der Waals surface area contributed by atoms with Crippen LogP contribution in [-0.2, 0) is 16.0 Å². The Hall–Kier alpha value is -2.98. The monoisotopic (exact) mass is 605 g/mol. The summed E-state index contributed by atoms with van der Waals surface area (Å²) < 4.78 is 12.7. The van der Waals surface area contributed by atoms with Gasteiger partial charge < -0.3 is 26.0 Å². The van der Waals surface area contributed by atoms with Crippen LogP contribution < -0.4 is 16.2 Å². The van der Waals surface area contributed by atoms with Crippen LogP contribution in [0.15, 0.2) is 23.2 Å². The Labute approximate surface area is 265 Å². The molecule has 7 heteroatoms. The molecule has 0 amide bonds. The number of phenols is 1. The number of phenolic OH excluding ortho intramolecular Hbond substituents is 1. The average Bonchev–Trinajstić information content (AvgIpc) is 3.49. The van der Waals surface area contributed by atoms with Crippen LogP contribution in [0.1, 0.15) is 127 Å². The van der Waals surface area contributed by atoms with Crippen molar-refractivity contribution in [3.8, 4) is 23.3 Å². The third-order valence-electron chi connectivity index (χ3n) is 9.77. The molecule has 5 N–H and O–H groups in total. The van der Waals surface area contributed by atoms with Gasteiger partial charge in [0.1, 0.15) is 0 Å². The zero-order chi connectivity index (χ0) is 31.6. The van der Waals surface area contributed by atoms with Crippen LogP contribution in [0, 0.1) is 29.6 Å². The van der Waals surface area contributed by atoms with Crippen LogP contribution >= 0.6 is 0 Å². The SMILES string of the molecule is CCCC=CC(=O)CCc1cc(OC2CCCC2)c(O)c2c1C#CCC(N=C(N)N)CCC1C(OC)CCC(CC(C)C)C21. The summed E-state index contributed by atoms with van der Waals surface area (Å²) in [6.45, 7) is 6.65. The Bertz CT molecular complexity index is 1230. The number of aryl methyl sites for hydroxylation is 1. The van der Waals surface area contributed by atoms with E-state index in [1.165, 1.54) is 0 Å². The minimum atomic E-state index is -0.106. The molecule has 5 atom stereocenters. The van der Waals surface area contributed by atoms with Gasteiger partial charge in [-0.25, -0.2) is 4.99 Å². The van der Waals surface area contributed by atoms with Crippen molar-refractivity contribution in [2.45, 2.75) is 135 Å². The first-order chi connectivity index (χ1) is 21.2. The molecule has 2 saturated carbocycles. The van der Waals surface area contributed by atoms with E-state index >= 15 is 0 Å². The zero-order valence-electron chi connectivity index (χ0n) is 27.4. The Morgan fingerprint density at radius 3 is 2.61 bits per heavy atom. The van der Waals surface area contributed by atoms with E-state index in [1.54, 1.807) is 13.2 Å². The van der Waals surface area contributed by atoms with Gasteiger partial charge in [0.15, 0.2) is 23.2 Å². The summed E-state index contributed by atoms with van der Waals surface area (Å²) >= 11 is 0. The van der Waals surface area contributed by atoms with E-state index in [4.69, 9.17) is 20.9 Å². The number of fused-ring (bicyclic) bond motifs is 3. The van der Waals surface area contributed by atoms with Crippen LogP contribution in [0.3, 0.4) is 0 Å². The molecule has 0 bridgehead atoms. The fourth-order valence-corrected chi connectivity index (χ4v) is 7.79. The van der Waals surface area contributed by atoms with Crippen molar-refractivity contribution in [3.63, 3.8) is 0 Å². The van der Waals surface area contributed by atoms with E-state index < -0.39 is 0 Å². The molecule has 4 rings (SSSR count). The first-order valence-corrected chi connectivity index (χ1v) is 17.1. The van der Waals surface area contributed by atoms with Crippen LogP contribution in [-0.4, -0.2) is 42.2 Å². The summed E-state index contributed by atoms with van der Waals surface area (Å²) in [6.07, 6.45) is 16.1. The number of allylic oxidation sites excluding steroid dienone is 2. The van der Waals surface area contributed by atoms with Gasteiger partial charge in [0.2, 0.25) is 0 Å². The summed E-state index contributed by atoms with van der Waals surface area (Å²) in [5.41, 5.74) is 14.4. The predicted octanol–water partition coefficient (Wildman–Crippen LogP) is 6.92. The smallest absolute Gasteiger partial charge is 0.186 e. The number of rotatable bonds is 12. The predicted molar refractivity (Wildman–Crippen MR) is 178 cm³/mol. The van der Waals surface area contributed by atoms with Crippen molar-refractivity contribution in [1.29, 1.82) is 0 Å². The first kappa shape index (κ1) is 33.9. The molecular weight excluding hydrogens is 550 g/mol. The highest BCUT2D eigenvalue weighted by Gasteiger charge is 2.44. The van der Waals surface area contributed by atoms with Crippen molar-refractivity contribution in [2.75, 3.05) is 7.11 Å². The number of unbranched alkanes of at least 4 members (excludes halogenated alkanes) is 1. The quantitative estimate of drug-likeness (QED) is 0.103. The second kappa shape index (κ2) is 16.4. The van der Waals surface area contributed by atoms with Gasteiger partial charge in [-0.2, -0.15) is 0 Å². The van der Waals surface area contributed by atoms with Crippen molar-refractivity contribution in [1.82, 2.24) is 0 Å². The Morgan fingerprint density at radius 2 is 1.93 bits per heavy atom. The standard InChI is InChI=1S/C37H55N3O4/c1-5-6-7-12-28(41)19-16-25-23-33(44-29-13-8-9-14-29)36(42)35-30(25)15-10-11-27(40-37(38)39)18-20-31-32(43-4)21-17-26(34(31)35)22-24(2)3/h7,12,23-24,26-27,29,31-32,34,42H,5-6,8-9,11,13-14,16-22H2,1-4H3,(H4,38,39,40). The van der Waals surface area contributed by atoms with Crippen molar-refractivity contribution < 1.29 is 19.4 Å². The molecule has 1 aromatic carbocycles. The molecule has 0 radical (unpaired) electrons. The van der Waals surface area contributed by atoms with E-state index in [0.29, 0.717) is 36.8 Å². The summed E-state index contributed by atoms with van der Waals surface area (Å²) in [4.78, 5) is 17.4. The number of hydrogen-bond acceptors (Lipinski definition) is 5. The molecule has 0 aliphatic heterocycles. The fraction of sp³-hybridized carbons (Fsp3) is 0.676. The molecule has 0 saturated heterocycles. The number of guanidine groups is 1. The number of nitrogens with zero attached hydrogens (tertiary/aromatic N) is 1. The van der Waals surface area contributed by atoms with Gasteiger partial charge in [0.05, 0.1) is 18.2 Å². The summed E-state index contributed by atoms with van der Waals surface area (Å²) in [5.74, 6) is 8.88. The maximum absolute atomic E-state index is 12.9. The Kier molecular flexibility index (Phi) is 12.6. The normalized spacial score (nSPS) is 25.6. The minimum absolute atomic E-state index is 0.0318. The van der Waals surface area contributed by atoms with Gasteiger partial charge in [-0.15, -0.1) is 0 Å². The lowest BCUT2D eigenvalue weighted by Crippen LogP contribution is -2.39. The molecule has 2 fully saturated rings. The number of hydrogen-bond donors (Lipinski definition) is 3. The number of nitrogens with two attached hydrogens (primary N) is 2. The average molecular weight is 606 g/mol. The number of ether oxygens (including phenoxy) is 2. The van der Waals surface area contributed by atoms with E-state index in [-0.39, 0.29) is 47.6 Å². The number of aromatic hydroxyl groups is 1. The number of aliphatic imine (C=N–C) groups is 1. The molecule has 5 unspecified atom stereocenters. The summed E-state index contributed by atoms with van der Waals surface area (Å²) in [7, 11) is 1.81. The number of carbonyl (C=O) groups is 1.